The van der Waals surface area contributed by atoms with Crippen LogP contribution in [0.2, 0.25) is 0 Å². The number of alkyl halides is 1. The van der Waals surface area contributed by atoms with Crippen molar-refractivity contribution in [2.24, 2.45) is 0 Å². The van der Waals surface area contributed by atoms with Crippen molar-refractivity contribution in [2.75, 3.05) is 0 Å². The van der Waals surface area contributed by atoms with E-state index in [9.17, 15) is 0 Å². The molecule has 0 saturated heterocycles. The predicted molar refractivity (Wildman–Crippen MR) is 57.9 cm³/mol. The lowest BCUT2D eigenvalue weighted by Crippen LogP contribution is -1.93. The highest BCUT2D eigenvalue weighted by molar-refractivity contribution is 9.08. The molecule has 0 aliphatic heterocycles. The highest BCUT2D eigenvalue weighted by Crippen LogP contribution is 2.21. The Hall–Kier alpha value is -0.300. The monoisotopic (exact) mass is 226 g/mol. The number of hydrogen-bond acceptors (Lipinski definition) is 0. The molecule has 1 heteroatoms. The first-order valence-corrected chi connectivity index (χ1v) is 5.42. The van der Waals surface area contributed by atoms with E-state index in [0.717, 1.165) is 5.33 Å². The second-order valence-corrected chi connectivity index (χ2v) is 4.04. The molecule has 0 aromatic heterocycles. The van der Waals surface area contributed by atoms with Crippen LogP contribution in [0.25, 0.3) is 0 Å². The first-order chi connectivity index (χ1) is 5.65. The zero-order chi connectivity index (χ0) is 9.14. The Morgan fingerprint density at radius 1 is 1.33 bits per heavy atom. The third kappa shape index (κ3) is 2.10. The Bertz CT molecular complexity index is 264. The van der Waals surface area contributed by atoms with Gasteiger partial charge in [0.2, 0.25) is 0 Å². The van der Waals surface area contributed by atoms with Crippen LogP contribution in [0.1, 0.15) is 36.5 Å². The molecular formula is C11H15Br. The molecular weight excluding hydrogens is 212 g/mol. The van der Waals surface area contributed by atoms with Crippen molar-refractivity contribution < 1.29 is 0 Å². The SMILES string of the molecule is Cc1ccc(CBr)cc1C(C)C. The summed E-state index contributed by atoms with van der Waals surface area (Å²) in [5, 5.41) is 0.951. The topological polar surface area (TPSA) is 0 Å². The van der Waals surface area contributed by atoms with E-state index in [4.69, 9.17) is 0 Å². The fourth-order valence-corrected chi connectivity index (χ4v) is 1.74. The van der Waals surface area contributed by atoms with Crippen LogP contribution >= 0.6 is 15.9 Å². The maximum absolute atomic E-state index is 3.47. The number of aryl methyl sites for hydroxylation is 1. The van der Waals surface area contributed by atoms with Crippen LogP contribution in [0.3, 0.4) is 0 Å². The van der Waals surface area contributed by atoms with Gasteiger partial charge in [-0.15, -0.1) is 0 Å². The maximum atomic E-state index is 3.47. The Morgan fingerprint density at radius 3 is 2.50 bits per heavy atom. The summed E-state index contributed by atoms with van der Waals surface area (Å²) in [5.41, 5.74) is 4.23. The van der Waals surface area contributed by atoms with Gasteiger partial charge in [-0.25, -0.2) is 0 Å². The summed E-state index contributed by atoms with van der Waals surface area (Å²) in [7, 11) is 0. The lowest BCUT2D eigenvalue weighted by atomic mass is 9.96. The number of rotatable bonds is 2. The normalized spacial score (nSPS) is 10.8. The van der Waals surface area contributed by atoms with Crippen LogP contribution in [0.15, 0.2) is 18.2 Å². The smallest absolute Gasteiger partial charge is 0.0283 e. The minimum absolute atomic E-state index is 0.629. The fraction of sp³-hybridized carbons (Fsp3) is 0.455. The van der Waals surface area contributed by atoms with Gasteiger partial charge in [-0.05, 0) is 29.5 Å². The van der Waals surface area contributed by atoms with E-state index >= 15 is 0 Å². The van der Waals surface area contributed by atoms with Crippen molar-refractivity contribution in [3.8, 4) is 0 Å². The summed E-state index contributed by atoms with van der Waals surface area (Å²) in [6, 6.07) is 6.66. The van der Waals surface area contributed by atoms with Gasteiger partial charge in [0, 0.05) is 5.33 Å². The van der Waals surface area contributed by atoms with Gasteiger partial charge in [0.1, 0.15) is 0 Å². The van der Waals surface area contributed by atoms with Crippen molar-refractivity contribution in [2.45, 2.75) is 32.0 Å². The highest BCUT2D eigenvalue weighted by Gasteiger charge is 2.03. The number of halogens is 1. The molecule has 1 rings (SSSR count). The standard InChI is InChI=1S/C11H15Br/c1-8(2)11-6-10(7-12)5-4-9(11)3/h4-6,8H,7H2,1-3H3. The Balaban J connectivity index is 3.08. The maximum Gasteiger partial charge on any atom is 0.0283 e. The van der Waals surface area contributed by atoms with Crippen LogP contribution < -0.4 is 0 Å². The molecule has 0 radical (unpaired) electrons. The predicted octanol–water partition coefficient (Wildman–Crippen LogP) is 4.01. The van der Waals surface area contributed by atoms with Gasteiger partial charge < -0.3 is 0 Å². The Morgan fingerprint density at radius 2 is 2.00 bits per heavy atom. The van der Waals surface area contributed by atoms with Crippen molar-refractivity contribution in [3.05, 3.63) is 34.9 Å². The lowest BCUT2D eigenvalue weighted by Gasteiger charge is -2.10. The van der Waals surface area contributed by atoms with Crippen LogP contribution in [-0.4, -0.2) is 0 Å². The van der Waals surface area contributed by atoms with E-state index in [2.05, 4.69) is 54.9 Å². The van der Waals surface area contributed by atoms with E-state index in [1.54, 1.807) is 0 Å². The minimum atomic E-state index is 0.629. The lowest BCUT2D eigenvalue weighted by molar-refractivity contribution is 0.854. The molecule has 0 unspecified atom stereocenters. The third-order valence-electron chi connectivity index (χ3n) is 2.12. The molecule has 0 saturated carbocycles. The van der Waals surface area contributed by atoms with Gasteiger partial charge in [-0.3, -0.25) is 0 Å². The molecule has 0 fully saturated rings. The third-order valence-corrected chi connectivity index (χ3v) is 2.77. The first kappa shape index (κ1) is 9.79. The van der Waals surface area contributed by atoms with E-state index < -0.39 is 0 Å². The van der Waals surface area contributed by atoms with E-state index in [0.29, 0.717) is 5.92 Å². The van der Waals surface area contributed by atoms with E-state index in [1.165, 1.54) is 16.7 Å². The van der Waals surface area contributed by atoms with Gasteiger partial charge in [0.15, 0.2) is 0 Å². The van der Waals surface area contributed by atoms with Crippen molar-refractivity contribution in [3.63, 3.8) is 0 Å². The molecule has 1 aromatic rings. The first-order valence-electron chi connectivity index (χ1n) is 4.30. The second kappa shape index (κ2) is 4.08. The zero-order valence-corrected chi connectivity index (χ0v) is 9.48. The van der Waals surface area contributed by atoms with Crippen molar-refractivity contribution in [1.29, 1.82) is 0 Å². The van der Waals surface area contributed by atoms with Gasteiger partial charge >= 0.3 is 0 Å². The quantitative estimate of drug-likeness (QED) is 0.669. The summed E-state index contributed by atoms with van der Waals surface area (Å²) in [6.07, 6.45) is 0. The van der Waals surface area contributed by atoms with Crippen molar-refractivity contribution >= 4 is 15.9 Å². The minimum Gasteiger partial charge on any atom is -0.0876 e. The molecule has 0 heterocycles. The van der Waals surface area contributed by atoms with Crippen LogP contribution in [-0.2, 0) is 5.33 Å². The largest absolute Gasteiger partial charge is 0.0876 e. The molecule has 0 amide bonds. The van der Waals surface area contributed by atoms with E-state index in [-0.39, 0.29) is 0 Å². The van der Waals surface area contributed by atoms with Crippen LogP contribution in [0.5, 0.6) is 0 Å². The number of hydrogen-bond donors (Lipinski definition) is 0. The summed E-state index contributed by atoms with van der Waals surface area (Å²) >= 11 is 3.47. The fourth-order valence-electron chi connectivity index (χ4n) is 1.40. The van der Waals surface area contributed by atoms with E-state index in [1.807, 2.05) is 0 Å². The molecule has 12 heavy (non-hydrogen) atoms. The molecule has 0 nitrogen and oxygen atoms in total. The Labute approximate surface area is 83.1 Å². The molecule has 0 aliphatic carbocycles. The van der Waals surface area contributed by atoms with Crippen molar-refractivity contribution in [1.82, 2.24) is 0 Å². The van der Waals surface area contributed by atoms with Gasteiger partial charge in [-0.1, -0.05) is 48.0 Å². The summed E-state index contributed by atoms with van der Waals surface area (Å²) in [5.74, 6) is 0.629. The zero-order valence-electron chi connectivity index (χ0n) is 7.89. The average molecular weight is 227 g/mol. The van der Waals surface area contributed by atoms with Gasteiger partial charge in [-0.2, -0.15) is 0 Å². The molecule has 0 aliphatic rings. The molecule has 0 spiro atoms. The van der Waals surface area contributed by atoms with Crippen LogP contribution in [0.4, 0.5) is 0 Å². The average Bonchev–Trinajstić information content (AvgIpc) is 2.05. The molecule has 1 aromatic carbocycles. The second-order valence-electron chi connectivity index (χ2n) is 3.48. The highest BCUT2D eigenvalue weighted by atomic mass is 79.9. The molecule has 0 bridgehead atoms. The molecule has 0 N–H and O–H groups in total. The summed E-state index contributed by atoms with van der Waals surface area (Å²) < 4.78 is 0. The Kier molecular flexibility index (Phi) is 3.33. The number of benzene rings is 1. The van der Waals surface area contributed by atoms with Gasteiger partial charge in [0.05, 0.1) is 0 Å². The summed E-state index contributed by atoms with van der Waals surface area (Å²) in [4.78, 5) is 0. The molecule has 66 valence electrons. The van der Waals surface area contributed by atoms with Gasteiger partial charge in [0.25, 0.3) is 0 Å². The summed E-state index contributed by atoms with van der Waals surface area (Å²) in [6.45, 7) is 6.65. The molecule has 0 atom stereocenters. The van der Waals surface area contributed by atoms with Crippen LogP contribution in [0, 0.1) is 6.92 Å².